The van der Waals surface area contributed by atoms with Crippen molar-refractivity contribution in [3.05, 3.63) is 50.1 Å². The molecule has 0 unspecified atom stereocenters. The van der Waals surface area contributed by atoms with Gasteiger partial charge >= 0.3 is 0 Å². The number of hydrogen-bond donors (Lipinski definition) is 1. The molecule has 2 nitrogen and oxygen atoms in total. The van der Waals surface area contributed by atoms with Crippen molar-refractivity contribution in [2.75, 3.05) is 7.05 Å². The third-order valence-corrected chi connectivity index (χ3v) is 4.18. The van der Waals surface area contributed by atoms with Gasteiger partial charge in [-0.2, -0.15) is 0 Å². The summed E-state index contributed by atoms with van der Waals surface area (Å²) in [6, 6.07) is 10.4. The lowest BCUT2D eigenvalue weighted by Crippen LogP contribution is -2.07. The summed E-state index contributed by atoms with van der Waals surface area (Å²) in [7, 11) is 1.95. The molecule has 1 aromatic heterocycles. The second-order valence-electron chi connectivity index (χ2n) is 4.14. The molecular formula is C14H16BrNOS. The van der Waals surface area contributed by atoms with Gasteiger partial charge in [-0.15, -0.1) is 11.3 Å². The van der Waals surface area contributed by atoms with Gasteiger partial charge in [-0.3, -0.25) is 0 Å². The number of halogens is 1. The van der Waals surface area contributed by atoms with Crippen molar-refractivity contribution in [3.8, 4) is 5.75 Å². The highest BCUT2D eigenvalue weighted by atomic mass is 79.9. The Morgan fingerprint density at radius 1 is 1.28 bits per heavy atom. The van der Waals surface area contributed by atoms with Crippen molar-refractivity contribution >= 4 is 27.3 Å². The van der Waals surface area contributed by atoms with Gasteiger partial charge in [0, 0.05) is 17.0 Å². The van der Waals surface area contributed by atoms with Gasteiger partial charge in [0.1, 0.15) is 12.4 Å². The van der Waals surface area contributed by atoms with E-state index in [0.717, 1.165) is 16.1 Å². The van der Waals surface area contributed by atoms with E-state index in [-0.39, 0.29) is 0 Å². The molecule has 2 rings (SSSR count). The molecule has 0 spiro atoms. The number of hydrogen-bond acceptors (Lipinski definition) is 3. The summed E-state index contributed by atoms with van der Waals surface area (Å²) in [5.41, 5.74) is 2.46. The number of rotatable bonds is 5. The summed E-state index contributed by atoms with van der Waals surface area (Å²) in [4.78, 5) is 1.22. The molecule has 4 heteroatoms. The molecule has 0 fully saturated rings. The standard InChI is InChI=1S/C14H16BrNOS/c1-10-3-5-13(11(7-10)8-16-2)17-9-12-4-6-14(15)18-12/h3-7,16H,8-9H2,1-2H3. The number of aryl methyl sites for hydroxylation is 1. The monoisotopic (exact) mass is 325 g/mol. The minimum Gasteiger partial charge on any atom is -0.488 e. The first kappa shape index (κ1) is 13.6. The van der Waals surface area contributed by atoms with Crippen LogP contribution in [0.25, 0.3) is 0 Å². The van der Waals surface area contributed by atoms with E-state index < -0.39 is 0 Å². The van der Waals surface area contributed by atoms with Gasteiger partial charge in [0.05, 0.1) is 3.79 Å². The Balaban J connectivity index is 2.08. The van der Waals surface area contributed by atoms with Crippen LogP contribution in [0.5, 0.6) is 5.75 Å². The molecule has 1 heterocycles. The van der Waals surface area contributed by atoms with Crippen LogP contribution < -0.4 is 10.1 Å². The zero-order valence-corrected chi connectivity index (χ0v) is 12.9. The molecule has 0 atom stereocenters. The zero-order valence-electron chi connectivity index (χ0n) is 10.5. The van der Waals surface area contributed by atoms with Crippen molar-refractivity contribution in [1.82, 2.24) is 5.32 Å². The average Bonchev–Trinajstić information content (AvgIpc) is 2.75. The fourth-order valence-electron chi connectivity index (χ4n) is 1.76. The fourth-order valence-corrected chi connectivity index (χ4v) is 3.15. The van der Waals surface area contributed by atoms with Crippen LogP contribution in [-0.4, -0.2) is 7.05 Å². The molecule has 1 aromatic carbocycles. The van der Waals surface area contributed by atoms with Gasteiger partial charge in [0.25, 0.3) is 0 Å². The van der Waals surface area contributed by atoms with E-state index in [1.54, 1.807) is 11.3 Å². The van der Waals surface area contributed by atoms with Crippen molar-refractivity contribution in [3.63, 3.8) is 0 Å². The molecule has 0 aliphatic heterocycles. The minimum absolute atomic E-state index is 0.621. The molecule has 1 N–H and O–H groups in total. The van der Waals surface area contributed by atoms with Crippen LogP contribution in [0.1, 0.15) is 16.0 Å². The largest absolute Gasteiger partial charge is 0.488 e. The van der Waals surface area contributed by atoms with E-state index >= 15 is 0 Å². The van der Waals surface area contributed by atoms with Crippen molar-refractivity contribution < 1.29 is 4.74 Å². The number of benzene rings is 1. The summed E-state index contributed by atoms with van der Waals surface area (Å²) in [6.07, 6.45) is 0. The number of nitrogens with one attached hydrogen (secondary N) is 1. The molecular weight excluding hydrogens is 310 g/mol. The Morgan fingerprint density at radius 3 is 2.78 bits per heavy atom. The minimum atomic E-state index is 0.621. The highest BCUT2D eigenvalue weighted by Crippen LogP contribution is 2.25. The molecule has 0 amide bonds. The Kier molecular flexibility index (Phi) is 4.80. The van der Waals surface area contributed by atoms with Gasteiger partial charge in [0.15, 0.2) is 0 Å². The quantitative estimate of drug-likeness (QED) is 0.892. The van der Waals surface area contributed by atoms with E-state index in [4.69, 9.17) is 4.74 Å². The maximum absolute atomic E-state index is 5.89. The van der Waals surface area contributed by atoms with Crippen molar-refractivity contribution in [2.45, 2.75) is 20.1 Å². The Hall–Kier alpha value is -0.840. The van der Waals surface area contributed by atoms with Crippen LogP contribution in [0.15, 0.2) is 34.1 Å². The molecule has 0 aliphatic rings. The van der Waals surface area contributed by atoms with Crippen LogP contribution in [0, 0.1) is 6.92 Å². The van der Waals surface area contributed by atoms with Crippen LogP contribution >= 0.6 is 27.3 Å². The molecule has 0 saturated carbocycles. The van der Waals surface area contributed by atoms with Crippen LogP contribution in [-0.2, 0) is 13.2 Å². The predicted molar refractivity (Wildman–Crippen MR) is 80.3 cm³/mol. The Bertz CT molecular complexity index is 524. The fraction of sp³-hybridized carbons (Fsp3) is 0.286. The van der Waals surface area contributed by atoms with Gasteiger partial charge in [-0.25, -0.2) is 0 Å². The van der Waals surface area contributed by atoms with Gasteiger partial charge in [-0.05, 0) is 48.1 Å². The highest BCUT2D eigenvalue weighted by molar-refractivity contribution is 9.11. The normalized spacial score (nSPS) is 10.6. The SMILES string of the molecule is CNCc1cc(C)ccc1OCc1ccc(Br)s1. The van der Waals surface area contributed by atoms with Crippen LogP contribution in [0.3, 0.4) is 0 Å². The molecule has 96 valence electrons. The first-order valence-electron chi connectivity index (χ1n) is 5.80. The predicted octanol–water partition coefficient (Wildman–Crippen LogP) is 4.12. The summed E-state index contributed by atoms with van der Waals surface area (Å²) < 4.78 is 7.03. The summed E-state index contributed by atoms with van der Waals surface area (Å²) in [6.45, 7) is 3.54. The first-order chi connectivity index (χ1) is 8.69. The maximum Gasteiger partial charge on any atom is 0.124 e. The second-order valence-corrected chi connectivity index (χ2v) is 6.68. The topological polar surface area (TPSA) is 21.3 Å². The summed E-state index contributed by atoms with van der Waals surface area (Å²) in [5.74, 6) is 0.958. The summed E-state index contributed by atoms with van der Waals surface area (Å²) >= 11 is 5.17. The van der Waals surface area contributed by atoms with Gasteiger partial charge in [0.2, 0.25) is 0 Å². The molecule has 2 aromatic rings. The molecule has 0 bridgehead atoms. The highest BCUT2D eigenvalue weighted by Gasteiger charge is 2.05. The molecule has 0 aliphatic carbocycles. The lowest BCUT2D eigenvalue weighted by Gasteiger charge is -2.11. The second kappa shape index (κ2) is 6.36. The lowest BCUT2D eigenvalue weighted by molar-refractivity contribution is 0.306. The Morgan fingerprint density at radius 2 is 2.11 bits per heavy atom. The van der Waals surface area contributed by atoms with E-state index in [1.807, 2.05) is 19.2 Å². The van der Waals surface area contributed by atoms with E-state index in [9.17, 15) is 0 Å². The number of thiophene rings is 1. The average molecular weight is 326 g/mol. The lowest BCUT2D eigenvalue weighted by atomic mass is 10.1. The zero-order chi connectivity index (χ0) is 13.0. The van der Waals surface area contributed by atoms with Crippen molar-refractivity contribution in [1.29, 1.82) is 0 Å². The van der Waals surface area contributed by atoms with Crippen LogP contribution in [0.4, 0.5) is 0 Å². The smallest absolute Gasteiger partial charge is 0.124 e. The van der Waals surface area contributed by atoms with E-state index in [0.29, 0.717) is 6.61 Å². The van der Waals surface area contributed by atoms with Gasteiger partial charge < -0.3 is 10.1 Å². The van der Waals surface area contributed by atoms with Crippen LogP contribution in [0.2, 0.25) is 0 Å². The molecule has 18 heavy (non-hydrogen) atoms. The van der Waals surface area contributed by atoms with E-state index in [2.05, 4.69) is 46.4 Å². The summed E-state index contributed by atoms with van der Waals surface area (Å²) in [5, 5.41) is 3.17. The third kappa shape index (κ3) is 3.57. The number of ether oxygens (including phenoxy) is 1. The Labute approximate surface area is 120 Å². The molecule has 0 saturated heterocycles. The third-order valence-electron chi connectivity index (χ3n) is 2.58. The van der Waals surface area contributed by atoms with Crippen molar-refractivity contribution in [2.24, 2.45) is 0 Å². The van der Waals surface area contributed by atoms with E-state index in [1.165, 1.54) is 16.0 Å². The first-order valence-corrected chi connectivity index (χ1v) is 7.41. The van der Waals surface area contributed by atoms with Gasteiger partial charge in [-0.1, -0.05) is 17.7 Å². The molecule has 0 radical (unpaired) electrons. The maximum atomic E-state index is 5.89.